The predicted molar refractivity (Wildman–Crippen MR) is 107 cm³/mol. The molecule has 2 aromatic rings. The first kappa shape index (κ1) is 20.6. The first-order valence-electron chi connectivity index (χ1n) is 8.87. The van der Waals surface area contributed by atoms with E-state index < -0.39 is 17.0 Å². The molecule has 1 aromatic heterocycles. The van der Waals surface area contributed by atoms with Crippen LogP contribution in [-0.2, 0) is 14.3 Å². The largest absolute Gasteiger partial charge is 0.459 e. The Morgan fingerprint density at radius 3 is 2.55 bits per heavy atom. The van der Waals surface area contributed by atoms with Crippen molar-refractivity contribution in [3.05, 3.63) is 58.6 Å². The summed E-state index contributed by atoms with van der Waals surface area (Å²) in [6, 6.07) is 10.1. The summed E-state index contributed by atoms with van der Waals surface area (Å²) in [5.41, 5.74) is -0.116. The number of aromatic nitrogens is 2. The van der Waals surface area contributed by atoms with E-state index >= 15 is 0 Å². The lowest BCUT2D eigenvalue weighted by Gasteiger charge is -2.21. The Morgan fingerprint density at radius 2 is 1.93 bits per heavy atom. The highest BCUT2D eigenvalue weighted by Crippen LogP contribution is 2.37. The van der Waals surface area contributed by atoms with Crippen LogP contribution in [0.15, 0.2) is 47.4 Å². The number of hydrogen-bond acceptors (Lipinski definition) is 7. The van der Waals surface area contributed by atoms with Gasteiger partial charge in [0.05, 0.1) is 12.1 Å². The Hall–Kier alpha value is -3.14. The molecule has 1 aliphatic rings. The van der Waals surface area contributed by atoms with E-state index in [4.69, 9.17) is 4.74 Å². The van der Waals surface area contributed by atoms with Crippen molar-refractivity contribution in [3.8, 4) is 0 Å². The summed E-state index contributed by atoms with van der Waals surface area (Å²) in [6.45, 7) is 3.03. The molecule has 2 atom stereocenters. The molecule has 0 unspecified atom stereocenters. The van der Waals surface area contributed by atoms with Crippen LogP contribution in [0.4, 0.5) is 5.82 Å². The van der Waals surface area contributed by atoms with E-state index in [1.165, 1.54) is 42.4 Å². The van der Waals surface area contributed by atoms with Gasteiger partial charge in [-0.1, -0.05) is 18.2 Å². The number of rotatable bonds is 5. The quantitative estimate of drug-likeness (QED) is 0.735. The van der Waals surface area contributed by atoms with Gasteiger partial charge in [-0.15, -0.1) is 11.8 Å². The fourth-order valence-corrected chi connectivity index (χ4v) is 4.31. The fraction of sp³-hybridized carbons (Fsp3) is 0.316. The van der Waals surface area contributed by atoms with Gasteiger partial charge in [0.2, 0.25) is 11.8 Å². The Labute approximate surface area is 171 Å². The first-order chi connectivity index (χ1) is 13.8. The number of nitrogens with one attached hydrogen (secondary N) is 1. The third-order valence-electron chi connectivity index (χ3n) is 4.23. The van der Waals surface area contributed by atoms with Gasteiger partial charge >= 0.3 is 11.7 Å². The van der Waals surface area contributed by atoms with Gasteiger partial charge in [-0.3, -0.25) is 14.2 Å². The minimum absolute atomic E-state index is 0.000624. The second-order valence-electron chi connectivity index (χ2n) is 6.37. The molecule has 152 valence electrons. The van der Waals surface area contributed by atoms with E-state index in [9.17, 15) is 19.2 Å². The summed E-state index contributed by atoms with van der Waals surface area (Å²) in [7, 11) is 0. The molecule has 10 heteroatoms. The number of esters is 1. The Balaban J connectivity index is 1.70. The van der Waals surface area contributed by atoms with E-state index in [0.717, 1.165) is 0 Å². The molecule has 1 N–H and O–H groups in total. The lowest BCUT2D eigenvalue weighted by atomic mass is 10.2. The zero-order valence-electron chi connectivity index (χ0n) is 15.9. The van der Waals surface area contributed by atoms with E-state index in [-0.39, 0.29) is 36.2 Å². The van der Waals surface area contributed by atoms with Crippen molar-refractivity contribution in [2.24, 2.45) is 0 Å². The molecule has 29 heavy (non-hydrogen) atoms. The van der Waals surface area contributed by atoms with Crippen LogP contribution in [0.1, 0.15) is 29.6 Å². The fourth-order valence-electron chi connectivity index (χ4n) is 2.88. The van der Waals surface area contributed by atoms with E-state index in [1.54, 1.807) is 35.2 Å². The number of ether oxygens (including phenoxy) is 1. The van der Waals surface area contributed by atoms with Gasteiger partial charge in [0, 0.05) is 20.0 Å². The highest BCUT2D eigenvalue weighted by molar-refractivity contribution is 8.00. The minimum Gasteiger partial charge on any atom is -0.459 e. The van der Waals surface area contributed by atoms with Crippen molar-refractivity contribution in [1.82, 2.24) is 14.5 Å². The third kappa shape index (κ3) is 5.02. The molecule has 0 spiro atoms. The molecule has 0 bridgehead atoms. The summed E-state index contributed by atoms with van der Waals surface area (Å²) >= 11 is 1.33. The minimum atomic E-state index is -0.542. The van der Waals surface area contributed by atoms with Crippen LogP contribution >= 0.6 is 11.8 Å². The molecule has 1 saturated heterocycles. The number of hydrogen-bond donors (Lipinski definition) is 1. The standard InChI is InChI=1S/C19H20N4O5S/c1-12(24)20-15-8-9-22(19(27)21-15)16-10-23(13(2)25)17(29-16)11-28-18(26)14-6-4-3-5-7-14/h3-9,16-17H,10-11H2,1-2H3,(H,20,21,24,27)/t16-,17+/m0/s1. The normalized spacial score (nSPS) is 18.3. The van der Waals surface area contributed by atoms with Crippen LogP contribution in [0.2, 0.25) is 0 Å². The van der Waals surface area contributed by atoms with Crippen LogP contribution in [0.5, 0.6) is 0 Å². The smallest absolute Gasteiger partial charge is 0.350 e. The summed E-state index contributed by atoms with van der Waals surface area (Å²) in [6.07, 6.45) is 1.52. The number of thioether (sulfide) groups is 1. The lowest BCUT2D eigenvalue weighted by molar-refractivity contribution is -0.129. The van der Waals surface area contributed by atoms with Crippen molar-refractivity contribution in [3.63, 3.8) is 0 Å². The van der Waals surface area contributed by atoms with E-state index in [1.807, 2.05) is 0 Å². The van der Waals surface area contributed by atoms with Crippen LogP contribution in [0.25, 0.3) is 0 Å². The molecular formula is C19H20N4O5S. The van der Waals surface area contributed by atoms with Gasteiger partial charge in [0.1, 0.15) is 23.2 Å². The number of carbonyl (C=O) groups excluding carboxylic acids is 3. The van der Waals surface area contributed by atoms with Crippen LogP contribution in [0.3, 0.4) is 0 Å². The first-order valence-corrected chi connectivity index (χ1v) is 9.81. The Bertz CT molecular complexity index is 978. The summed E-state index contributed by atoms with van der Waals surface area (Å²) in [5.74, 6) is -0.820. The zero-order valence-corrected chi connectivity index (χ0v) is 16.7. The molecular weight excluding hydrogens is 396 g/mol. The van der Waals surface area contributed by atoms with Crippen LogP contribution in [0, 0.1) is 0 Å². The second kappa shape index (κ2) is 8.91. The summed E-state index contributed by atoms with van der Waals surface area (Å²) in [4.78, 5) is 53.0. The topological polar surface area (TPSA) is 111 Å². The Kier molecular flexibility index (Phi) is 6.32. The van der Waals surface area contributed by atoms with Gasteiger partial charge in [-0.2, -0.15) is 4.98 Å². The van der Waals surface area contributed by atoms with Crippen molar-refractivity contribution < 1.29 is 19.1 Å². The van der Waals surface area contributed by atoms with Crippen molar-refractivity contribution in [2.45, 2.75) is 24.6 Å². The molecule has 1 aliphatic heterocycles. The van der Waals surface area contributed by atoms with E-state index in [0.29, 0.717) is 5.56 Å². The van der Waals surface area contributed by atoms with Crippen LogP contribution in [-0.4, -0.2) is 50.8 Å². The van der Waals surface area contributed by atoms with Gasteiger partial charge in [-0.25, -0.2) is 9.59 Å². The number of carbonyl (C=O) groups is 3. The highest BCUT2D eigenvalue weighted by Gasteiger charge is 2.36. The van der Waals surface area contributed by atoms with Crippen molar-refractivity contribution >= 4 is 35.4 Å². The molecule has 0 radical (unpaired) electrons. The maximum absolute atomic E-state index is 12.3. The van der Waals surface area contributed by atoms with Crippen LogP contribution < -0.4 is 11.0 Å². The summed E-state index contributed by atoms with van der Waals surface area (Å²) in [5, 5.41) is 1.65. The average molecular weight is 416 g/mol. The number of anilines is 1. The maximum Gasteiger partial charge on any atom is 0.350 e. The number of nitrogens with zero attached hydrogens (tertiary/aromatic N) is 3. The predicted octanol–water partition coefficient (Wildman–Crippen LogP) is 1.48. The van der Waals surface area contributed by atoms with Gasteiger partial charge in [0.25, 0.3) is 0 Å². The molecule has 9 nitrogen and oxygen atoms in total. The molecule has 1 aromatic carbocycles. The maximum atomic E-state index is 12.3. The number of benzene rings is 1. The Morgan fingerprint density at radius 1 is 1.21 bits per heavy atom. The summed E-state index contributed by atoms with van der Waals surface area (Å²) < 4.78 is 6.76. The van der Waals surface area contributed by atoms with Gasteiger partial charge < -0.3 is 15.0 Å². The third-order valence-corrected chi connectivity index (χ3v) is 5.63. The molecule has 0 aliphatic carbocycles. The van der Waals surface area contributed by atoms with Gasteiger partial charge in [0.15, 0.2) is 0 Å². The molecule has 0 saturated carbocycles. The monoisotopic (exact) mass is 416 g/mol. The highest BCUT2D eigenvalue weighted by atomic mass is 32.2. The number of amides is 2. The van der Waals surface area contributed by atoms with Crippen molar-refractivity contribution in [1.29, 1.82) is 0 Å². The SMILES string of the molecule is CC(=O)Nc1ccn([C@@H]2CN(C(C)=O)[C@@H](COC(=O)c3ccccc3)S2)c(=O)n1. The van der Waals surface area contributed by atoms with Gasteiger partial charge in [-0.05, 0) is 18.2 Å². The molecule has 2 amide bonds. The van der Waals surface area contributed by atoms with E-state index in [2.05, 4.69) is 10.3 Å². The second-order valence-corrected chi connectivity index (χ2v) is 7.73. The lowest BCUT2D eigenvalue weighted by Crippen LogP contribution is -2.37. The molecule has 3 rings (SSSR count). The zero-order chi connectivity index (χ0) is 21.0. The average Bonchev–Trinajstić information content (AvgIpc) is 3.10. The molecule has 1 fully saturated rings. The van der Waals surface area contributed by atoms with Crippen molar-refractivity contribution in [2.75, 3.05) is 18.5 Å². The molecule has 2 heterocycles.